The molecule has 9 heteroatoms. The fourth-order valence-electron chi connectivity index (χ4n) is 3.59. The molecule has 0 spiro atoms. The largest absolute Gasteiger partial charge is 0.423 e. The minimum absolute atomic E-state index is 0.0628. The van der Waals surface area contributed by atoms with E-state index in [1.807, 2.05) is 25.1 Å². The summed E-state index contributed by atoms with van der Waals surface area (Å²) in [5.74, 6) is 0.134. The third kappa shape index (κ3) is 3.04. The van der Waals surface area contributed by atoms with Gasteiger partial charge in [-0.05, 0) is 43.3 Å². The smallest absolute Gasteiger partial charge is 0.247 e. The summed E-state index contributed by atoms with van der Waals surface area (Å²) >= 11 is 0. The van der Waals surface area contributed by atoms with E-state index in [0.717, 1.165) is 40.6 Å². The Labute approximate surface area is 169 Å². The molecule has 2 aromatic carbocycles. The van der Waals surface area contributed by atoms with Crippen molar-refractivity contribution in [1.82, 2.24) is 29.5 Å². The molecule has 0 unspecified atom stereocenters. The minimum Gasteiger partial charge on any atom is -0.423 e. The molecule has 3 heterocycles. The van der Waals surface area contributed by atoms with Gasteiger partial charge in [-0.15, -0.1) is 10.2 Å². The van der Waals surface area contributed by atoms with Gasteiger partial charge in [0.25, 0.3) is 0 Å². The molecule has 0 saturated heterocycles. The quantitative estimate of drug-likeness (QED) is 0.438. The summed E-state index contributed by atoms with van der Waals surface area (Å²) in [7, 11) is 0. The zero-order valence-corrected chi connectivity index (χ0v) is 16.0. The standard InChI is InChI=1S/C21H16F2N6O/c1-2-28-18-6-3-13(21-27-24-12-30-21)9-17(18)26-20(28)11-15-7-8-25-29(15)19-10-14(22)4-5-16(19)23/h3-10,12H,2,11H2,1H3. The molecule has 0 aliphatic rings. The van der Waals surface area contributed by atoms with E-state index >= 15 is 0 Å². The summed E-state index contributed by atoms with van der Waals surface area (Å²) < 4.78 is 36.7. The molecule has 0 aliphatic carbocycles. The van der Waals surface area contributed by atoms with E-state index in [9.17, 15) is 8.78 Å². The Morgan fingerprint density at radius 3 is 2.77 bits per heavy atom. The monoisotopic (exact) mass is 406 g/mol. The maximum Gasteiger partial charge on any atom is 0.247 e. The van der Waals surface area contributed by atoms with E-state index in [-0.39, 0.29) is 5.69 Å². The number of nitrogens with zero attached hydrogens (tertiary/aromatic N) is 6. The molecule has 30 heavy (non-hydrogen) atoms. The fraction of sp³-hybridized carbons (Fsp3) is 0.143. The summed E-state index contributed by atoms with van der Waals surface area (Å²) in [6, 6.07) is 10.8. The third-order valence-electron chi connectivity index (χ3n) is 4.95. The average Bonchev–Trinajstić information content (AvgIpc) is 3.49. The Morgan fingerprint density at radius 2 is 1.97 bits per heavy atom. The molecule has 0 radical (unpaired) electrons. The van der Waals surface area contributed by atoms with Crippen molar-refractivity contribution in [3.05, 3.63) is 78.2 Å². The molecule has 150 valence electrons. The average molecular weight is 406 g/mol. The van der Waals surface area contributed by atoms with Crippen LogP contribution in [0.25, 0.3) is 28.2 Å². The lowest BCUT2D eigenvalue weighted by Gasteiger charge is -2.10. The molecule has 3 aromatic heterocycles. The van der Waals surface area contributed by atoms with Crippen molar-refractivity contribution >= 4 is 11.0 Å². The van der Waals surface area contributed by atoms with Gasteiger partial charge in [0.15, 0.2) is 0 Å². The van der Waals surface area contributed by atoms with Gasteiger partial charge >= 0.3 is 0 Å². The molecule has 5 rings (SSSR count). The Bertz CT molecular complexity index is 1340. The molecule has 5 aromatic rings. The number of aryl methyl sites for hydroxylation is 1. The van der Waals surface area contributed by atoms with Gasteiger partial charge in [0.05, 0.1) is 16.7 Å². The van der Waals surface area contributed by atoms with Gasteiger partial charge in [-0.2, -0.15) is 5.10 Å². The number of imidazole rings is 1. The van der Waals surface area contributed by atoms with Crippen LogP contribution in [0.3, 0.4) is 0 Å². The second-order valence-corrected chi connectivity index (χ2v) is 6.73. The fourth-order valence-corrected chi connectivity index (χ4v) is 3.59. The van der Waals surface area contributed by atoms with Gasteiger partial charge in [-0.25, -0.2) is 18.4 Å². The summed E-state index contributed by atoms with van der Waals surface area (Å²) in [4.78, 5) is 4.77. The van der Waals surface area contributed by atoms with Crippen molar-refractivity contribution in [2.75, 3.05) is 0 Å². The van der Waals surface area contributed by atoms with Crippen molar-refractivity contribution in [3.8, 4) is 17.1 Å². The van der Waals surface area contributed by atoms with Gasteiger partial charge < -0.3 is 8.98 Å². The van der Waals surface area contributed by atoms with Crippen molar-refractivity contribution in [1.29, 1.82) is 0 Å². The highest BCUT2D eigenvalue weighted by Crippen LogP contribution is 2.25. The lowest BCUT2D eigenvalue weighted by molar-refractivity contribution is 0.568. The Morgan fingerprint density at radius 1 is 1.07 bits per heavy atom. The van der Waals surface area contributed by atoms with E-state index in [4.69, 9.17) is 9.40 Å². The van der Waals surface area contributed by atoms with Crippen molar-refractivity contribution in [2.45, 2.75) is 19.9 Å². The van der Waals surface area contributed by atoms with Gasteiger partial charge in [-0.3, -0.25) is 0 Å². The van der Waals surface area contributed by atoms with Gasteiger partial charge in [0, 0.05) is 30.8 Å². The van der Waals surface area contributed by atoms with Crippen molar-refractivity contribution in [3.63, 3.8) is 0 Å². The number of aromatic nitrogens is 6. The SMILES string of the molecule is CCn1c(Cc2ccnn2-c2cc(F)ccc2F)nc2cc(-c3nnco3)ccc21. The highest BCUT2D eigenvalue weighted by atomic mass is 19.1. The summed E-state index contributed by atoms with van der Waals surface area (Å²) in [6.45, 7) is 2.73. The van der Waals surface area contributed by atoms with Crippen molar-refractivity contribution < 1.29 is 13.2 Å². The zero-order valence-electron chi connectivity index (χ0n) is 16.0. The summed E-state index contributed by atoms with van der Waals surface area (Å²) in [5.41, 5.74) is 3.28. The first-order valence-corrected chi connectivity index (χ1v) is 9.38. The lowest BCUT2D eigenvalue weighted by Crippen LogP contribution is -2.09. The van der Waals surface area contributed by atoms with Crippen LogP contribution >= 0.6 is 0 Å². The highest BCUT2D eigenvalue weighted by molar-refractivity contribution is 5.81. The number of hydrogen-bond acceptors (Lipinski definition) is 5. The minimum atomic E-state index is -0.547. The van der Waals surface area contributed by atoms with Crippen LogP contribution in [0.4, 0.5) is 8.78 Å². The first-order valence-electron chi connectivity index (χ1n) is 9.38. The number of rotatable bonds is 5. The maximum atomic E-state index is 14.3. The topological polar surface area (TPSA) is 74.6 Å². The van der Waals surface area contributed by atoms with Crippen LogP contribution in [-0.4, -0.2) is 29.5 Å². The Balaban J connectivity index is 1.56. The van der Waals surface area contributed by atoms with Crippen LogP contribution < -0.4 is 0 Å². The van der Waals surface area contributed by atoms with Gasteiger partial charge in [0.2, 0.25) is 12.3 Å². The number of fused-ring (bicyclic) bond motifs is 1. The molecule has 0 aliphatic heterocycles. The molecule has 0 saturated carbocycles. The molecule has 0 atom stereocenters. The first-order chi connectivity index (χ1) is 14.6. The second-order valence-electron chi connectivity index (χ2n) is 6.73. The molecular formula is C21H16F2N6O. The van der Waals surface area contributed by atoms with Crippen LogP contribution in [0.1, 0.15) is 18.4 Å². The maximum absolute atomic E-state index is 14.3. The van der Waals surface area contributed by atoms with E-state index in [1.165, 1.54) is 11.1 Å². The van der Waals surface area contributed by atoms with Crippen LogP contribution in [0.15, 0.2) is 59.5 Å². The number of halogens is 2. The Kier molecular flexibility index (Phi) is 4.35. The zero-order chi connectivity index (χ0) is 20.7. The lowest BCUT2D eigenvalue weighted by atomic mass is 10.2. The molecular weight excluding hydrogens is 390 g/mol. The van der Waals surface area contributed by atoms with Crippen LogP contribution in [0, 0.1) is 11.6 Å². The summed E-state index contributed by atoms with van der Waals surface area (Å²) in [5, 5.41) is 11.8. The third-order valence-corrected chi connectivity index (χ3v) is 4.95. The van der Waals surface area contributed by atoms with Crippen LogP contribution in [-0.2, 0) is 13.0 Å². The van der Waals surface area contributed by atoms with Crippen molar-refractivity contribution in [2.24, 2.45) is 0 Å². The predicted molar refractivity (Wildman–Crippen MR) is 105 cm³/mol. The normalized spacial score (nSPS) is 11.4. The van der Waals surface area contributed by atoms with E-state index in [2.05, 4.69) is 19.9 Å². The second kappa shape index (κ2) is 7.18. The predicted octanol–water partition coefficient (Wildman–Crippen LogP) is 4.16. The van der Waals surface area contributed by atoms with Gasteiger partial charge in [-0.1, -0.05) is 0 Å². The van der Waals surface area contributed by atoms with E-state index in [0.29, 0.717) is 24.6 Å². The van der Waals surface area contributed by atoms with E-state index in [1.54, 1.807) is 12.3 Å². The number of benzene rings is 2. The summed E-state index contributed by atoms with van der Waals surface area (Å²) in [6.07, 6.45) is 3.24. The first kappa shape index (κ1) is 18.2. The Hall–Kier alpha value is -3.88. The molecule has 7 nitrogen and oxygen atoms in total. The number of hydrogen-bond donors (Lipinski definition) is 0. The van der Waals surface area contributed by atoms with Gasteiger partial charge in [0.1, 0.15) is 23.1 Å². The van der Waals surface area contributed by atoms with Crippen LogP contribution in [0.2, 0.25) is 0 Å². The van der Waals surface area contributed by atoms with Crippen LogP contribution in [0.5, 0.6) is 0 Å². The molecule has 0 N–H and O–H groups in total. The highest BCUT2D eigenvalue weighted by Gasteiger charge is 2.16. The molecule has 0 fully saturated rings. The van der Waals surface area contributed by atoms with E-state index < -0.39 is 11.6 Å². The molecule has 0 amide bonds. The molecule has 0 bridgehead atoms.